The lowest BCUT2D eigenvalue weighted by Gasteiger charge is -2.06. The molecule has 2 heterocycles. The molecule has 4 heteroatoms. The first-order valence-corrected chi connectivity index (χ1v) is 6.89. The predicted octanol–water partition coefficient (Wildman–Crippen LogP) is 4.50. The Hall–Kier alpha value is -1.29. The molecule has 3 aromatic rings. The van der Waals surface area contributed by atoms with Gasteiger partial charge in [0.15, 0.2) is 0 Å². The van der Waals surface area contributed by atoms with E-state index in [1.807, 2.05) is 29.6 Å². The van der Waals surface area contributed by atoms with E-state index in [9.17, 15) is 0 Å². The molecule has 2 N–H and O–H groups in total. The molecule has 0 fully saturated rings. The van der Waals surface area contributed by atoms with Gasteiger partial charge in [0.2, 0.25) is 0 Å². The van der Waals surface area contributed by atoms with Gasteiger partial charge in [-0.1, -0.05) is 23.2 Å². The van der Waals surface area contributed by atoms with Crippen LogP contribution in [0.4, 0.5) is 0 Å². The number of fused-ring (bicyclic) bond motifs is 1. The van der Waals surface area contributed by atoms with Gasteiger partial charge in [0.25, 0.3) is 0 Å². The fourth-order valence-corrected chi connectivity index (χ4v) is 3.18. The number of aryl methyl sites for hydroxylation is 1. The molecule has 0 spiro atoms. The summed E-state index contributed by atoms with van der Waals surface area (Å²) in [4.78, 5) is 0.937. The van der Waals surface area contributed by atoms with E-state index in [0.717, 1.165) is 21.6 Å². The average molecular weight is 278 g/mol. The van der Waals surface area contributed by atoms with Gasteiger partial charge in [-0.3, -0.25) is 0 Å². The summed E-state index contributed by atoms with van der Waals surface area (Å²) in [6.07, 6.45) is 0. The highest BCUT2D eigenvalue weighted by Gasteiger charge is 2.18. The Morgan fingerprint density at radius 2 is 2.11 bits per heavy atom. The third-order valence-corrected chi connectivity index (χ3v) is 4.37. The van der Waals surface area contributed by atoms with Gasteiger partial charge in [-0.25, -0.2) is 0 Å². The van der Waals surface area contributed by atoms with Crippen LogP contribution in [-0.2, 0) is 0 Å². The number of furan rings is 1. The Morgan fingerprint density at radius 1 is 1.28 bits per heavy atom. The number of thiophene rings is 1. The molecule has 0 saturated heterocycles. The molecule has 0 bridgehead atoms. The molecular weight excluding hydrogens is 266 g/mol. The van der Waals surface area contributed by atoms with Crippen molar-refractivity contribution in [1.82, 2.24) is 0 Å². The first kappa shape index (κ1) is 11.8. The summed E-state index contributed by atoms with van der Waals surface area (Å²) in [7, 11) is 0. The van der Waals surface area contributed by atoms with Crippen LogP contribution in [0.25, 0.3) is 11.0 Å². The van der Waals surface area contributed by atoms with Crippen LogP contribution >= 0.6 is 22.9 Å². The van der Waals surface area contributed by atoms with Gasteiger partial charge in [-0.05, 0) is 36.6 Å². The van der Waals surface area contributed by atoms with Crippen LogP contribution in [0, 0.1) is 6.92 Å². The molecular formula is C14H12ClNOS. The molecule has 0 aliphatic heterocycles. The Balaban J connectivity index is 2.07. The van der Waals surface area contributed by atoms with Crippen LogP contribution in [0.1, 0.15) is 22.2 Å². The smallest absolute Gasteiger partial charge is 0.134 e. The first-order chi connectivity index (χ1) is 8.65. The van der Waals surface area contributed by atoms with Crippen molar-refractivity contribution in [2.75, 3.05) is 0 Å². The standard InChI is InChI=1S/C14H12ClNOS/c1-8-2-3-11-9(6-8)7-12(17-11)13(16)14-10(15)4-5-18-14/h2-7,13H,16H2,1H3. The van der Waals surface area contributed by atoms with Gasteiger partial charge in [-0.15, -0.1) is 11.3 Å². The fraction of sp³-hybridized carbons (Fsp3) is 0.143. The van der Waals surface area contributed by atoms with Crippen LogP contribution in [-0.4, -0.2) is 0 Å². The van der Waals surface area contributed by atoms with Crippen LogP contribution in [0.5, 0.6) is 0 Å². The summed E-state index contributed by atoms with van der Waals surface area (Å²) in [6.45, 7) is 2.06. The van der Waals surface area contributed by atoms with Gasteiger partial charge < -0.3 is 10.2 Å². The zero-order valence-electron chi connectivity index (χ0n) is 9.81. The summed E-state index contributed by atoms with van der Waals surface area (Å²) < 4.78 is 5.79. The second-order valence-corrected chi connectivity index (χ2v) is 5.66. The predicted molar refractivity (Wildman–Crippen MR) is 76.3 cm³/mol. The second-order valence-electron chi connectivity index (χ2n) is 4.30. The van der Waals surface area contributed by atoms with E-state index in [-0.39, 0.29) is 6.04 Å². The summed E-state index contributed by atoms with van der Waals surface area (Å²) in [5.41, 5.74) is 8.26. The molecule has 92 valence electrons. The summed E-state index contributed by atoms with van der Waals surface area (Å²) >= 11 is 7.65. The van der Waals surface area contributed by atoms with Crippen molar-refractivity contribution < 1.29 is 4.42 Å². The van der Waals surface area contributed by atoms with Gasteiger partial charge in [-0.2, -0.15) is 0 Å². The number of rotatable bonds is 2. The minimum atomic E-state index is -0.301. The van der Waals surface area contributed by atoms with Crippen LogP contribution in [0.2, 0.25) is 5.02 Å². The molecule has 0 amide bonds. The highest BCUT2D eigenvalue weighted by molar-refractivity contribution is 7.10. The third-order valence-electron chi connectivity index (χ3n) is 2.92. The largest absolute Gasteiger partial charge is 0.459 e. The van der Waals surface area contributed by atoms with Crippen molar-refractivity contribution in [2.45, 2.75) is 13.0 Å². The lowest BCUT2D eigenvalue weighted by Crippen LogP contribution is -2.09. The minimum absolute atomic E-state index is 0.301. The summed E-state index contributed by atoms with van der Waals surface area (Å²) in [5, 5.41) is 3.71. The first-order valence-electron chi connectivity index (χ1n) is 5.64. The molecule has 18 heavy (non-hydrogen) atoms. The van der Waals surface area contributed by atoms with E-state index in [0.29, 0.717) is 5.02 Å². The van der Waals surface area contributed by atoms with Crippen molar-refractivity contribution in [3.8, 4) is 0 Å². The molecule has 0 aliphatic carbocycles. The van der Waals surface area contributed by atoms with E-state index < -0.39 is 0 Å². The topological polar surface area (TPSA) is 39.2 Å². The molecule has 0 saturated carbocycles. The number of hydrogen-bond acceptors (Lipinski definition) is 3. The van der Waals surface area contributed by atoms with Crippen molar-refractivity contribution in [3.63, 3.8) is 0 Å². The fourth-order valence-electron chi connectivity index (χ4n) is 1.99. The molecule has 1 atom stereocenters. The maximum absolute atomic E-state index is 6.20. The van der Waals surface area contributed by atoms with E-state index in [2.05, 4.69) is 13.0 Å². The Kier molecular flexibility index (Phi) is 2.90. The van der Waals surface area contributed by atoms with Gasteiger partial charge >= 0.3 is 0 Å². The molecule has 2 aromatic heterocycles. The van der Waals surface area contributed by atoms with Crippen molar-refractivity contribution in [3.05, 3.63) is 56.9 Å². The van der Waals surface area contributed by atoms with Gasteiger partial charge in [0.1, 0.15) is 11.3 Å². The lowest BCUT2D eigenvalue weighted by molar-refractivity contribution is 0.528. The molecule has 1 aromatic carbocycles. The SMILES string of the molecule is Cc1ccc2oc(C(N)c3sccc3Cl)cc2c1. The normalized spacial score (nSPS) is 13.1. The maximum atomic E-state index is 6.20. The zero-order valence-corrected chi connectivity index (χ0v) is 11.4. The van der Waals surface area contributed by atoms with Crippen molar-refractivity contribution in [1.29, 1.82) is 0 Å². The average Bonchev–Trinajstić information content (AvgIpc) is 2.93. The zero-order chi connectivity index (χ0) is 12.7. The van der Waals surface area contributed by atoms with E-state index in [4.69, 9.17) is 21.8 Å². The number of hydrogen-bond donors (Lipinski definition) is 1. The van der Waals surface area contributed by atoms with Crippen LogP contribution < -0.4 is 5.73 Å². The van der Waals surface area contributed by atoms with Crippen LogP contribution in [0.3, 0.4) is 0 Å². The Labute approximate surface area is 114 Å². The van der Waals surface area contributed by atoms with E-state index in [1.165, 1.54) is 5.56 Å². The Morgan fingerprint density at radius 3 is 2.83 bits per heavy atom. The van der Waals surface area contributed by atoms with E-state index >= 15 is 0 Å². The highest BCUT2D eigenvalue weighted by atomic mass is 35.5. The molecule has 1 unspecified atom stereocenters. The maximum Gasteiger partial charge on any atom is 0.134 e. The number of benzene rings is 1. The molecule has 2 nitrogen and oxygen atoms in total. The van der Waals surface area contributed by atoms with Crippen molar-refractivity contribution in [2.24, 2.45) is 5.73 Å². The van der Waals surface area contributed by atoms with E-state index in [1.54, 1.807) is 11.3 Å². The third kappa shape index (κ3) is 1.94. The molecule has 3 rings (SSSR count). The summed E-state index contributed by atoms with van der Waals surface area (Å²) in [6, 6.07) is 9.63. The highest BCUT2D eigenvalue weighted by Crippen LogP contribution is 2.33. The van der Waals surface area contributed by atoms with Crippen LogP contribution in [0.15, 0.2) is 40.1 Å². The van der Waals surface area contributed by atoms with Crippen molar-refractivity contribution >= 4 is 33.9 Å². The summed E-state index contributed by atoms with van der Waals surface area (Å²) in [5.74, 6) is 0.750. The number of nitrogens with two attached hydrogens (primary N) is 1. The Bertz CT molecular complexity index is 701. The minimum Gasteiger partial charge on any atom is -0.459 e. The molecule has 0 radical (unpaired) electrons. The monoisotopic (exact) mass is 277 g/mol. The van der Waals surface area contributed by atoms with Gasteiger partial charge in [0, 0.05) is 10.3 Å². The quantitative estimate of drug-likeness (QED) is 0.749. The lowest BCUT2D eigenvalue weighted by atomic mass is 10.1. The molecule has 0 aliphatic rings. The second kappa shape index (κ2) is 4.43. The number of halogens is 1. The van der Waals surface area contributed by atoms with Gasteiger partial charge in [0.05, 0.1) is 11.1 Å².